The summed E-state index contributed by atoms with van der Waals surface area (Å²) >= 11 is 0. The van der Waals surface area contributed by atoms with Crippen LogP contribution in [0.1, 0.15) is 19.8 Å². The van der Waals surface area contributed by atoms with Gasteiger partial charge in [0.25, 0.3) is 0 Å². The first kappa shape index (κ1) is 18.8. The van der Waals surface area contributed by atoms with Crippen LogP contribution in [0, 0.1) is 0 Å². The average Bonchev–Trinajstić information content (AvgIpc) is 2.62. The molecule has 0 saturated carbocycles. The van der Waals surface area contributed by atoms with Crippen LogP contribution in [0.2, 0.25) is 0 Å². The Morgan fingerprint density at radius 1 is 1.20 bits per heavy atom. The smallest absolute Gasteiger partial charge is 0.322 e. The van der Waals surface area contributed by atoms with Gasteiger partial charge in [-0.25, -0.2) is 4.79 Å². The van der Waals surface area contributed by atoms with Crippen molar-refractivity contribution in [2.24, 2.45) is 0 Å². The molecule has 1 aromatic rings. The van der Waals surface area contributed by atoms with E-state index >= 15 is 0 Å². The number of amides is 4. The summed E-state index contributed by atoms with van der Waals surface area (Å²) in [4.78, 5) is 41.3. The lowest BCUT2D eigenvalue weighted by Crippen LogP contribution is -2.55. The van der Waals surface area contributed by atoms with Crippen LogP contribution in [-0.2, 0) is 9.59 Å². The fourth-order valence-electron chi connectivity index (χ4n) is 2.58. The molecule has 1 heterocycles. The molecule has 1 aliphatic heterocycles. The molecule has 0 unspecified atom stereocenters. The van der Waals surface area contributed by atoms with Crippen molar-refractivity contribution in [3.8, 4) is 0 Å². The molecule has 0 atom stereocenters. The summed E-state index contributed by atoms with van der Waals surface area (Å²) in [6.07, 6.45) is 1.97. The van der Waals surface area contributed by atoms with Crippen molar-refractivity contribution < 1.29 is 14.4 Å². The van der Waals surface area contributed by atoms with Gasteiger partial charge in [0.05, 0.1) is 6.54 Å². The molecular formula is C18H26N4O3. The number of carbonyl (C=O) groups excluding carboxylic acids is 3. The maximum absolute atomic E-state index is 12.3. The van der Waals surface area contributed by atoms with Gasteiger partial charge in [-0.05, 0) is 18.6 Å². The number of benzene rings is 1. The van der Waals surface area contributed by atoms with Crippen LogP contribution in [0.4, 0.5) is 10.5 Å². The summed E-state index contributed by atoms with van der Waals surface area (Å²) in [7, 11) is 1.76. The minimum absolute atomic E-state index is 0.00930. The number of piperazine rings is 1. The number of nitrogens with one attached hydrogen (secondary N) is 1. The van der Waals surface area contributed by atoms with Gasteiger partial charge in [-0.2, -0.15) is 0 Å². The van der Waals surface area contributed by atoms with Gasteiger partial charge in [0.1, 0.15) is 6.54 Å². The number of rotatable bonds is 6. The molecular weight excluding hydrogens is 320 g/mol. The number of para-hydroxylation sites is 1. The quantitative estimate of drug-likeness (QED) is 0.851. The first-order valence-electron chi connectivity index (χ1n) is 8.64. The van der Waals surface area contributed by atoms with Crippen molar-refractivity contribution >= 4 is 23.5 Å². The molecule has 0 aliphatic carbocycles. The molecule has 7 nitrogen and oxygen atoms in total. The van der Waals surface area contributed by atoms with Gasteiger partial charge < -0.3 is 20.0 Å². The topological polar surface area (TPSA) is 73.0 Å². The number of hydrogen-bond acceptors (Lipinski definition) is 3. The first-order valence-corrected chi connectivity index (χ1v) is 8.64. The van der Waals surface area contributed by atoms with E-state index in [1.165, 1.54) is 9.80 Å². The standard InChI is InChI=1S/C18H26N4O3/c1-3-4-10-20(2)16(23)13-21-11-12-22(14-17(21)24)18(25)19-15-8-6-5-7-9-15/h5-9H,3-4,10-14H2,1-2H3,(H,19,25). The molecule has 1 fully saturated rings. The molecule has 136 valence electrons. The Kier molecular flexibility index (Phi) is 6.80. The second-order valence-corrected chi connectivity index (χ2v) is 6.20. The molecule has 2 rings (SSSR count). The number of hydrogen-bond donors (Lipinski definition) is 1. The Morgan fingerprint density at radius 3 is 2.56 bits per heavy atom. The molecule has 25 heavy (non-hydrogen) atoms. The van der Waals surface area contributed by atoms with Crippen LogP contribution in [-0.4, -0.2) is 72.3 Å². The van der Waals surface area contributed by atoms with Gasteiger partial charge >= 0.3 is 6.03 Å². The molecule has 7 heteroatoms. The van der Waals surface area contributed by atoms with Gasteiger partial charge in [0.2, 0.25) is 11.8 Å². The monoisotopic (exact) mass is 346 g/mol. The molecule has 0 bridgehead atoms. The van der Waals surface area contributed by atoms with Crippen molar-refractivity contribution in [2.75, 3.05) is 45.1 Å². The second kappa shape index (κ2) is 9.05. The highest BCUT2D eigenvalue weighted by atomic mass is 16.2. The number of carbonyl (C=O) groups is 3. The predicted octanol–water partition coefficient (Wildman–Crippen LogP) is 1.62. The highest BCUT2D eigenvalue weighted by molar-refractivity contribution is 5.94. The Bertz CT molecular complexity index is 606. The zero-order chi connectivity index (χ0) is 18.2. The van der Waals surface area contributed by atoms with E-state index in [9.17, 15) is 14.4 Å². The summed E-state index contributed by atoms with van der Waals surface area (Å²) in [6, 6.07) is 8.82. The third kappa shape index (κ3) is 5.48. The van der Waals surface area contributed by atoms with Crippen LogP contribution in [0.15, 0.2) is 30.3 Å². The fraction of sp³-hybridized carbons (Fsp3) is 0.500. The lowest BCUT2D eigenvalue weighted by atomic mass is 10.3. The van der Waals surface area contributed by atoms with E-state index in [2.05, 4.69) is 12.2 Å². The number of anilines is 1. The van der Waals surface area contributed by atoms with Crippen molar-refractivity contribution in [2.45, 2.75) is 19.8 Å². The van der Waals surface area contributed by atoms with E-state index in [1.54, 1.807) is 24.1 Å². The van der Waals surface area contributed by atoms with Crippen LogP contribution in [0.3, 0.4) is 0 Å². The SMILES string of the molecule is CCCCN(C)C(=O)CN1CCN(C(=O)Nc2ccccc2)CC1=O. The first-order chi connectivity index (χ1) is 12.0. The molecule has 1 saturated heterocycles. The van der Waals surface area contributed by atoms with Crippen LogP contribution >= 0.6 is 0 Å². The van der Waals surface area contributed by atoms with Gasteiger partial charge in [-0.15, -0.1) is 0 Å². The minimum atomic E-state index is -0.300. The highest BCUT2D eigenvalue weighted by Crippen LogP contribution is 2.10. The third-order valence-corrected chi connectivity index (χ3v) is 4.23. The minimum Gasteiger partial charge on any atom is -0.344 e. The summed E-state index contributed by atoms with van der Waals surface area (Å²) < 4.78 is 0. The summed E-state index contributed by atoms with van der Waals surface area (Å²) in [5.74, 6) is -0.268. The Morgan fingerprint density at radius 2 is 1.92 bits per heavy atom. The van der Waals surface area contributed by atoms with Crippen molar-refractivity contribution in [3.05, 3.63) is 30.3 Å². The molecule has 4 amide bonds. The fourth-order valence-corrected chi connectivity index (χ4v) is 2.58. The van der Waals surface area contributed by atoms with Gasteiger partial charge in [-0.3, -0.25) is 9.59 Å². The third-order valence-electron chi connectivity index (χ3n) is 4.23. The number of unbranched alkanes of at least 4 members (excludes halogenated alkanes) is 1. The van der Waals surface area contributed by atoms with Crippen molar-refractivity contribution in [1.82, 2.24) is 14.7 Å². The zero-order valence-corrected chi connectivity index (χ0v) is 14.9. The van der Waals surface area contributed by atoms with Crippen LogP contribution < -0.4 is 5.32 Å². The Balaban J connectivity index is 1.82. The molecule has 1 aliphatic rings. The van der Waals surface area contributed by atoms with Crippen molar-refractivity contribution in [3.63, 3.8) is 0 Å². The van der Waals surface area contributed by atoms with E-state index in [4.69, 9.17) is 0 Å². The van der Waals surface area contributed by atoms with E-state index in [0.717, 1.165) is 12.8 Å². The lowest BCUT2D eigenvalue weighted by molar-refractivity contribution is -0.142. The van der Waals surface area contributed by atoms with E-state index < -0.39 is 0 Å². The normalized spacial score (nSPS) is 14.4. The summed E-state index contributed by atoms with van der Waals surface area (Å²) in [6.45, 7) is 3.62. The van der Waals surface area contributed by atoms with Gasteiger partial charge in [-0.1, -0.05) is 31.5 Å². The molecule has 1 N–H and O–H groups in total. The second-order valence-electron chi connectivity index (χ2n) is 6.20. The highest BCUT2D eigenvalue weighted by Gasteiger charge is 2.28. The number of likely N-dealkylation sites (N-methyl/N-ethyl adjacent to an activating group) is 1. The van der Waals surface area contributed by atoms with E-state index in [0.29, 0.717) is 25.3 Å². The summed E-state index contributed by atoms with van der Waals surface area (Å²) in [5, 5.41) is 2.77. The van der Waals surface area contributed by atoms with E-state index in [-0.39, 0.29) is 30.9 Å². The Hall–Kier alpha value is -2.57. The molecule has 0 aromatic heterocycles. The van der Waals surface area contributed by atoms with Crippen molar-refractivity contribution in [1.29, 1.82) is 0 Å². The van der Waals surface area contributed by atoms with Crippen LogP contribution in [0.5, 0.6) is 0 Å². The van der Waals surface area contributed by atoms with E-state index in [1.807, 2.05) is 18.2 Å². The lowest BCUT2D eigenvalue weighted by Gasteiger charge is -2.34. The maximum Gasteiger partial charge on any atom is 0.322 e. The molecule has 1 aromatic carbocycles. The zero-order valence-electron chi connectivity index (χ0n) is 14.9. The number of nitrogens with zero attached hydrogens (tertiary/aromatic N) is 3. The number of urea groups is 1. The predicted molar refractivity (Wildman–Crippen MR) is 96.2 cm³/mol. The van der Waals surface area contributed by atoms with Crippen LogP contribution in [0.25, 0.3) is 0 Å². The maximum atomic E-state index is 12.3. The van der Waals surface area contributed by atoms with Gasteiger partial charge in [0, 0.05) is 32.4 Å². The molecule has 0 spiro atoms. The average molecular weight is 346 g/mol. The van der Waals surface area contributed by atoms with Gasteiger partial charge in [0.15, 0.2) is 0 Å². The summed E-state index contributed by atoms with van der Waals surface area (Å²) in [5.41, 5.74) is 0.690. The molecule has 0 radical (unpaired) electrons. The largest absolute Gasteiger partial charge is 0.344 e. The Labute approximate surface area is 148 Å².